The minimum atomic E-state index is -0.411. The van der Waals surface area contributed by atoms with Gasteiger partial charge in [0.25, 0.3) is 11.8 Å². The number of methoxy groups -OCH3 is 3. The monoisotopic (exact) mass is 698 g/mol. The Labute approximate surface area is 291 Å². The van der Waals surface area contributed by atoms with Crippen molar-refractivity contribution in [2.24, 2.45) is 5.10 Å². The van der Waals surface area contributed by atoms with Crippen molar-refractivity contribution in [1.82, 2.24) is 25.1 Å². The first-order chi connectivity index (χ1) is 24.0. The zero-order valence-corrected chi connectivity index (χ0v) is 28.7. The maximum Gasteiger partial charge on any atom is 0.258 e. The van der Waals surface area contributed by atoms with Gasteiger partial charge in [0.1, 0.15) is 11.5 Å². The molecule has 0 saturated heterocycles. The van der Waals surface area contributed by atoms with E-state index in [-0.39, 0.29) is 30.7 Å². The van der Waals surface area contributed by atoms with Crippen LogP contribution in [-0.2, 0) is 16.1 Å². The number of thioether (sulfide) groups is 1. The quantitative estimate of drug-likeness (QED) is 0.149. The molecule has 14 heteroatoms. The fourth-order valence-electron chi connectivity index (χ4n) is 5.40. The number of thiophene rings is 1. The van der Waals surface area contributed by atoms with Gasteiger partial charge in [0, 0.05) is 12.0 Å². The molecule has 5 aromatic rings. The zero-order valence-electron chi connectivity index (χ0n) is 27.1. The van der Waals surface area contributed by atoms with Crippen LogP contribution in [0.3, 0.4) is 0 Å². The highest BCUT2D eigenvalue weighted by molar-refractivity contribution is 7.99. The van der Waals surface area contributed by atoms with Gasteiger partial charge in [-0.05, 0) is 41.8 Å². The number of carbonyl (C=O) groups excluding carboxylic acids is 2. The third-order valence-electron chi connectivity index (χ3n) is 7.67. The summed E-state index contributed by atoms with van der Waals surface area (Å²) < 4.78 is 24.3. The van der Waals surface area contributed by atoms with Crippen LogP contribution in [0.5, 0.6) is 23.0 Å². The number of aromatic nitrogens is 3. The molecule has 1 unspecified atom stereocenters. The molecule has 1 atom stereocenters. The number of nitrogens with one attached hydrogen (secondary N) is 1. The van der Waals surface area contributed by atoms with Gasteiger partial charge in [-0.2, -0.15) is 5.10 Å². The molecule has 2 amide bonds. The molecule has 1 N–H and O–H groups in total. The summed E-state index contributed by atoms with van der Waals surface area (Å²) in [5.41, 5.74) is 2.27. The molecule has 0 fully saturated rings. The van der Waals surface area contributed by atoms with Gasteiger partial charge in [0.05, 0.1) is 55.9 Å². The van der Waals surface area contributed by atoms with Crippen LogP contribution in [0.2, 0.25) is 0 Å². The van der Waals surface area contributed by atoms with Gasteiger partial charge in [-0.1, -0.05) is 60.3 Å². The molecule has 0 radical (unpaired) electrons. The molecule has 0 bridgehead atoms. The van der Waals surface area contributed by atoms with Crippen LogP contribution in [0.25, 0.3) is 5.69 Å². The summed E-state index contributed by atoms with van der Waals surface area (Å²) in [5.74, 6) is 2.20. The van der Waals surface area contributed by atoms with E-state index in [0.717, 1.165) is 16.2 Å². The normalized spacial score (nSPS) is 13.9. The molecular weight excluding hydrogens is 665 g/mol. The Balaban J connectivity index is 1.24. The van der Waals surface area contributed by atoms with Crippen molar-refractivity contribution in [3.8, 4) is 28.7 Å². The number of hydrogen-bond donors (Lipinski definition) is 1. The largest absolute Gasteiger partial charge is 0.495 e. The lowest BCUT2D eigenvalue weighted by Gasteiger charge is -2.24. The highest BCUT2D eigenvalue weighted by Crippen LogP contribution is 2.42. The second-order valence-corrected chi connectivity index (χ2v) is 12.5. The summed E-state index contributed by atoms with van der Waals surface area (Å²) >= 11 is 2.79. The maximum atomic E-state index is 14.0. The SMILES string of the molecule is COc1ccccc1-n1c(CNC(=O)COc2ccccc2)nnc1SCC(=O)N1N=C(c2cccs2)CC1c1cccc(OC)c1OC. The van der Waals surface area contributed by atoms with Crippen molar-refractivity contribution in [3.63, 3.8) is 0 Å². The van der Waals surface area contributed by atoms with Gasteiger partial charge in [-0.3, -0.25) is 14.2 Å². The van der Waals surface area contributed by atoms with Crippen LogP contribution in [0.1, 0.15) is 28.7 Å². The first-order valence-electron chi connectivity index (χ1n) is 15.3. The number of nitrogens with zero attached hydrogens (tertiary/aromatic N) is 5. The summed E-state index contributed by atoms with van der Waals surface area (Å²) in [6.45, 7) is -0.0964. The number of amides is 2. The lowest BCUT2D eigenvalue weighted by molar-refractivity contribution is -0.130. The van der Waals surface area contributed by atoms with Crippen molar-refractivity contribution in [2.75, 3.05) is 33.7 Å². The number of rotatable bonds is 14. The second-order valence-electron chi connectivity index (χ2n) is 10.6. The summed E-state index contributed by atoms with van der Waals surface area (Å²) in [6, 6.07) is 25.7. The summed E-state index contributed by atoms with van der Waals surface area (Å²) in [6.07, 6.45) is 0.510. The highest BCUT2D eigenvalue weighted by Gasteiger charge is 2.36. The molecule has 0 saturated carbocycles. The predicted molar refractivity (Wildman–Crippen MR) is 187 cm³/mol. The number of carbonyl (C=O) groups is 2. The van der Waals surface area contributed by atoms with E-state index in [0.29, 0.717) is 46.1 Å². The van der Waals surface area contributed by atoms with E-state index in [1.807, 2.05) is 78.2 Å². The van der Waals surface area contributed by atoms with Gasteiger partial charge in [0.15, 0.2) is 29.1 Å². The van der Waals surface area contributed by atoms with Crippen LogP contribution >= 0.6 is 23.1 Å². The van der Waals surface area contributed by atoms with Gasteiger partial charge in [-0.25, -0.2) is 5.01 Å². The lowest BCUT2D eigenvalue weighted by Crippen LogP contribution is -2.29. The molecule has 3 aromatic carbocycles. The van der Waals surface area contributed by atoms with Crippen LogP contribution in [-0.4, -0.2) is 71.0 Å². The van der Waals surface area contributed by atoms with E-state index < -0.39 is 6.04 Å². The van der Waals surface area contributed by atoms with Crippen molar-refractivity contribution in [1.29, 1.82) is 0 Å². The first kappa shape index (κ1) is 33.6. The average molecular weight is 699 g/mol. The van der Waals surface area contributed by atoms with Gasteiger partial charge in [-0.15, -0.1) is 21.5 Å². The summed E-state index contributed by atoms with van der Waals surface area (Å²) in [7, 11) is 4.74. The van der Waals surface area contributed by atoms with E-state index in [9.17, 15) is 9.59 Å². The fraction of sp³-hybridized carbons (Fsp3) is 0.229. The van der Waals surface area contributed by atoms with E-state index in [1.54, 1.807) is 49.4 Å². The lowest BCUT2D eigenvalue weighted by atomic mass is 9.99. The topological polar surface area (TPSA) is 129 Å². The molecular formula is C35H34N6O6S2. The molecule has 12 nitrogen and oxygen atoms in total. The van der Waals surface area contributed by atoms with Crippen LogP contribution in [0.15, 0.2) is 101 Å². The maximum absolute atomic E-state index is 14.0. The molecule has 0 aliphatic carbocycles. The predicted octanol–water partition coefficient (Wildman–Crippen LogP) is 5.52. The standard InChI is InChI=1S/C35H34N6O6S2/c1-44-28-15-8-7-14-26(28)40-31(20-36-32(42)21-47-23-11-5-4-6-12-23)37-38-35(40)49-22-33(43)41-27(19-25(39-41)30-17-10-18-48-30)24-13-9-16-29(45-2)34(24)46-3/h4-18,27H,19-22H2,1-3H3,(H,36,42). The second kappa shape index (κ2) is 15.7. The Morgan fingerprint density at radius 2 is 1.67 bits per heavy atom. The Hall–Kier alpha value is -5.34. The third kappa shape index (κ3) is 7.55. The number of benzene rings is 3. The molecule has 0 spiro atoms. The average Bonchev–Trinajstić information content (AvgIpc) is 3.92. The van der Waals surface area contributed by atoms with E-state index in [4.69, 9.17) is 24.0 Å². The van der Waals surface area contributed by atoms with Gasteiger partial charge < -0.3 is 24.3 Å². The molecule has 49 heavy (non-hydrogen) atoms. The molecule has 1 aliphatic rings. The Morgan fingerprint density at radius 3 is 2.43 bits per heavy atom. The van der Waals surface area contributed by atoms with Gasteiger partial charge >= 0.3 is 0 Å². The number of ether oxygens (including phenoxy) is 4. The Kier molecular flexibility index (Phi) is 10.8. The third-order valence-corrected chi connectivity index (χ3v) is 9.50. The van der Waals surface area contributed by atoms with Crippen LogP contribution in [0.4, 0.5) is 0 Å². The van der Waals surface area contributed by atoms with E-state index in [2.05, 4.69) is 15.5 Å². The van der Waals surface area contributed by atoms with Gasteiger partial charge in [0.2, 0.25) is 0 Å². The number of para-hydroxylation sites is 4. The first-order valence-corrected chi connectivity index (χ1v) is 17.2. The van der Waals surface area contributed by atoms with Crippen molar-refractivity contribution < 1.29 is 28.5 Å². The molecule has 252 valence electrons. The zero-order chi connectivity index (χ0) is 34.2. The van der Waals surface area contributed by atoms with Crippen LogP contribution in [0, 0.1) is 0 Å². The van der Waals surface area contributed by atoms with Crippen molar-refractivity contribution >= 4 is 40.6 Å². The van der Waals surface area contributed by atoms with E-state index in [1.165, 1.54) is 16.8 Å². The highest BCUT2D eigenvalue weighted by atomic mass is 32.2. The minimum absolute atomic E-state index is 0.00849. The molecule has 1 aliphatic heterocycles. The summed E-state index contributed by atoms with van der Waals surface area (Å²) in [5, 5.41) is 20.4. The van der Waals surface area contributed by atoms with Crippen LogP contribution < -0.4 is 24.3 Å². The molecule has 3 heterocycles. The minimum Gasteiger partial charge on any atom is -0.495 e. The van der Waals surface area contributed by atoms with Crippen molar-refractivity contribution in [3.05, 3.63) is 107 Å². The Morgan fingerprint density at radius 1 is 0.898 bits per heavy atom. The molecule has 6 rings (SSSR count). The van der Waals surface area contributed by atoms with Crippen molar-refractivity contribution in [2.45, 2.75) is 24.2 Å². The fourth-order valence-corrected chi connectivity index (χ4v) is 6.94. The molecule has 2 aromatic heterocycles. The smallest absolute Gasteiger partial charge is 0.258 e. The Bertz CT molecular complexity index is 1930. The number of hydrazone groups is 1. The summed E-state index contributed by atoms with van der Waals surface area (Å²) in [4.78, 5) is 27.7. The number of hydrogen-bond acceptors (Lipinski definition) is 11. The van der Waals surface area contributed by atoms with E-state index >= 15 is 0 Å².